The third-order valence-corrected chi connectivity index (χ3v) is 6.70. The predicted octanol–water partition coefficient (Wildman–Crippen LogP) is 7.69. The molecule has 0 aromatic rings. The Hall–Kier alpha value is -1.03. The van der Waals surface area contributed by atoms with Gasteiger partial charge < -0.3 is 15.2 Å². The number of carbonyl (C=O) groups excluding carboxylic acids is 1. The van der Waals surface area contributed by atoms with Crippen LogP contribution in [0.15, 0.2) is 12.2 Å². The Morgan fingerprint density at radius 1 is 0.839 bits per heavy atom. The first-order valence-corrected chi connectivity index (χ1v) is 13.4. The number of unbranched alkanes of at least 4 members (excludes halogenated alkanes) is 15. The number of aliphatic hydroxyl groups is 1. The molecule has 0 saturated heterocycles. The van der Waals surface area contributed by atoms with Crippen molar-refractivity contribution < 1.29 is 14.6 Å². The van der Waals surface area contributed by atoms with Crippen LogP contribution in [0.1, 0.15) is 129 Å². The summed E-state index contributed by atoms with van der Waals surface area (Å²) in [5, 5.41) is 12.5. The molecule has 4 nitrogen and oxygen atoms in total. The highest BCUT2D eigenvalue weighted by molar-refractivity contribution is 5.67. The Kier molecular flexibility index (Phi) is 17.7. The molecule has 1 aliphatic rings. The Morgan fingerprint density at radius 3 is 1.81 bits per heavy atom. The summed E-state index contributed by atoms with van der Waals surface area (Å²) < 4.78 is 5.36. The van der Waals surface area contributed by atoms with Gasteiger partial charge in [0, 0.05) is 12.0 Å². The lowest BCUT2D eigenvalue weighted by atomic mass is 9.78. The van der Waals surface area contributed by atoms with Crippen LogP contribution < -0.4 is 5.32 Å². The van der Waals surface area contributed by atoms with Gasteiger partial charge in [-0.05, 0) is 25.7 Å². The van der Waals surface area contributed by atoms with Gasteiger partial charge in [0.05, 0.1) is 6.61 Å². The summed E-state index contributed by atoms with van der Waals surface area (Å²) in [6, 6.07) is 0. The van der Waals surface area contributed by atoms with E-state index in [9.17, 15) is 9.90 Å². The summed E-state index contributed by atoms with van der Waals surface area (Å²) in [5.74, 6) is 0. The zero-order valence-corrected chi connectivity index (χ0v) is 20.5. The number of rotatable bonds is 20. The van der Waals surface area contributed by atoms with Crippen LogP contribution in [0.5, 0.6) is 0 Å². The fraction of sp³-hybridized carbons (Fsp3) is 0.889. The molecule has 1 rings (SSSR count). The van der Waals surface area contributed by atoms with Gasteiger partial charge in [-0.25, -0.2) is 4.79 Å². The van der Waals surface area contributed by atoms with Gasteiger partial charge in [-0.1, -0.05) is 115 Å². The quantitative estimate of drug-likeness (QED) is 0.152. The number of ether oxygens (including phenoxy) is 1. The van der Waals surface area contributed by atoms with E-state index in [2.05, 4.69) is 24.4 Å². The second kappa shape index (κ2) is 19.6. The molecule has 0 aromatic carbocycles. The zero-order valence-electron chi connectivity index (χ0n) is 20.5. The SMILES string of the molecule is CCCCCCCCCCCCCCCCCCNC(=O)OCC1(CO)CC=CCC1. The number of hydrogen-bond donors (Lipinski definition) is 2. The standard InChI is InChI=1S/C27H51NO3/c1-2-3-4-5-6-7-8-9-10-11-12-13-14-15-16-20-23-28-26(30)31-25-27(24-29)21-18-17-19-22-27/h17-18,29H,2-16,19-25H2,1H3,(H,28,30). The van der Waals surface area contributed by atoms with E-state index in [-0.39, 0.29) is 18.1 Å². The molecule has 0 saturated carbocycles. The minimum Gasteiger partial charge on any atom is -0.449 e. The zero-order chi connectivity index (χ0) is 22.5. The number of nitrogens with one attached hydrogen (secondary N) is 1. The third-order valence-electron chi connectivity index (χ3n) is 6.70. The fourth-order valence-electron chi connectivity index (χ4n) is 4.40. The Labute approximate surface area is 192 Å². The lowest BCUT2D eigenvalue weighted by molar-refractivity contribution is 0.0313. The highest BCUT2D eigenvalue weighted by Crippen LogP contribution is 2.32. The fourth-order valence-corrected chi connectivity index (χ4v) is 4.40. The van der Waals surface area contributed by atoms with Gasteiger partial charge in [-0.15, -0.1) is 0 Å². The average Bonchev–Trinajstić information content (AvgIpc) is 2.80. The van der Waals surface area contributed by atoms with Crippen molar-refractivity contribution in [3.63, 3.8) is 0 Å². The number of amides is 1. The molecule has 0 radical (unpaired) electrons. The van der Waals surface area contributed by atoms with Gasteiger partial charge in [-0.2, -0.15) is 0 Å². The lowest BCUT2D eigenvalue weighted by Gasteiger charge is -2.32. The lowest BCUT2D eigenvalue weighted by Crippen LogP contribution is -2.36. The minimum absolute atomic E-state index is 0.0732. The Bertz CT molecular complexity index is 452. The topological polar surface area (TPSA) is 58.6 Å². The van der Waals surface area contributed by atoms with Crippen LogP contribution in [0.2, 0.25) is 0 Å². The van der Waals surface area contributed by atoms with Gasteiger partial charge in [0.25, 0.3) is 0 Å². The van der Waals surface area contributed by atoms with E-state index in [0.717, 1.165) is 25.7 Å². The van der Waals surface area contributed by atoms with Gasteiger partial charge >= 0.3 is 6.09 Å². The largest absolute Gasteiger partial charge is 0.449 e. The first-order chi connectivity index (χ1) is 15.2. The van der Waals surface area contributed by atoms with Crippen molar-refractivity contribution in [1.29, 1.82) is 0 Å². The van der Waals surface area contributed by atoms with Crippen LogP contribution in [0.4, 0.5) is 4.79 Å². The van der Waals surface area contributed by atoms with Crippen LogP contribution in [0.25, 0.3) is 0 Å². The molecule has 0 heterocycles. The second-order valence-electron chi connectivity index (χ2n) is 9.68. The highest BCUT2D eigenvalue weighted by atomic mass is 16.5. The van der Waals surface area contributed by atoms with Crippen LogP contribution in [-0.4, -0.2) is 31.0 Å². The van der Waals surface area contributed by atoms with Crippen molar-refractivity contribution in [1.82, 2.24) is 5.32 Å². The van der Waals surface area contributed by atoms with Gasteiger partial charge in [0.2, 0.25) is 0 Å². The van der Waals surface area contributed by atoms with Gasteiger partial charge in [0.15, 0.2) is 0 Å². The molecule has 31 heavy (non-hydrogen) atoms. The Balaban J connectivity index is 1.80. The number of hydrogen-bond acceptors (Lipinski definition) is 3. The number of carbonyl (C=O) groups is 1. The normalized spacial score (nSPS) is 18.3. The second-order valence-corrected chi connectivity index (χ2v) is 9.68. The molecule has 0 aliphatic heterocycles. The average molecular weight is 438 g/mol. The van der Waals surface area contributed by atoms with E-state index in [1.165, 1.54) is 96.3 Å². The van der Waals surface area contributed by atoms with Crippen LogP contribution in [-0.2, 0) is 4.74 Å². The maximum Gasteiger partial charge on any atom is 0.407 e. The summed E-state index contributed by atoms with van der Waals surface area (Å²) in [6.45, 7) is 3.34. The van der Waals surface area contributed by atoms with Gasteiger partial charge in [-0.3, -0.25) is 0 Å². The van der Waals surface area contributed by atoms with E-state index >= 15 is 0 Å². The van der Waals surface area contributed by atoms with E-state index in [0.29, 0.717) is 13.2 Å². The molecule has 0 aromatic heterocycles. The van der Waals surface area contributed by atoms with E-state index in [1.54, 1.807) is 0 Å². The third kappa shape index (κ3) is 15.4. The summed E-state index contributed by atoms with van der Waals surface area (Å²) in [5.41, 5.74) is -0.277. The maximum absolute atomic E-state index is 11.9. The van der Waals surface area contributed by atoms with Crippen molar-refractivity contribution >= 4 is 6.09 Å². The molecule has 182 valence electrons. The Morgan fingerprint density at radius 2 is 1.35 bits per heavy atom. The summed E-state index contributed by atoms with van der Waals surface area (Å²) in [7, 11) is 0. The molecule has 4 heteroatoms. The molecular weight excluding hydrogens is 386 g/mol. The molecular formula is C27H51NO3. The summed E-state index contributed by atoms with van der Waals surface area (Å²) in [6.07, 6.45) is 28.1. The van der Waals surface area contributed by atoms with Gasteiger partial charge in [0.1, 0.15) is 6.61 Å². The van der Waals surface area contributed by atoms with Crippen molar-refractivity contribution in [2.75, 3.05) is 19.8 Å². The van der Waals surface area contributed by atoms with Crippen molar-refractivity contribution in [3.05, 3.63) is 12.2 Å². The highest BCUT2D eigenvalue weighted by Gasteiger charge is 2.31. The first kappa shape index (κ1) is 28.0. The van der Waals surface area contributed by atoms with Crippen LogP contribution in [0, 0.1) is 5.41 Å². The van der Waals surface area contributed by atoms with Crippen molar-refractivity contribution in [3.8, 4) is 0 Å². The molecule has 1 unspecified atom stereocenters. The molecule has 2 N–H and O–H groups in total. The van der Waals surface area contributed by atoms with Crippen LogP contribution >= 0.6 is 0 Å². The maximum atomic E-state index is 11.9. The van der Waals surface area contributed by atoms with E-state index in [4.69, 9.17) is 4.74 Å². The first-order valence-electron chi connectivity index (χ1n) is 13.4. The smallest absolute Gasteiger partial charge is 0.407 e. The molecule has 1 atom stereocenters. The summed E-state index contributed by atoms with van der Waals surface area (Å²) >= 11 is 0. The molecule has 1 aliphatic carbocycles. The monoisotopic (exact) mass is 437 g/mol. The van der Waals surface area contributed by atoms with E-state index < -0.39 is 0 Å². The summed E-state index contributed by atoms with van der Waals surface area (Å²) in [4.78, 5) is 11.9. The molecule has 0 bridgehead atoms. The predicted molar refractivity (Wildman–Crippen MR) is 131 cm³/mol. The number of aliphatic hydroxyl groups excluding tert-OH is 1. The van der Waals surface area contributed by atoms with Crippen molar-refractivity contribution in [2.45, 2.75) is 129 Å². The molecule has 0 fully saturated rings. The minimum atomic E-state index is -0.344. The molecule has 1 amide bonds. The molecule has 0 spiro atoms. The number of allylic oxidation sites excluding steroid dienone is 2. The number of alkyl carbamates (subject to hydrolysis) is 1. The van der Waals surface area contributed by atoms with E-state index in [1.807, 2.05) is 0 Å². The van der Waals surface area contributed by atoms with Crippen molar-refractivity contribution in [2.24, 2.45) is 5.41 Å². The van der Waals surface area contributed by atoms with Crippen LogP contribution in [0.3, 0.4) is 0 Å².